The van der Waals surface area contributed by atoms with Crippen LogP contribution in [0.5, 0.6) is 0 Å². The molecule has 0 spiro atoms. The van der Waals surface area contributed by atoms with E-state index in [-0.39, 0.29) is 0 Å². The Balaban J connectivity index is 1.76. The third-order valence-corrected chi connectivity index (χ3v) is 6.19. The van der Waals surface area contributed by atoms with Crippen LogP contribution < -0.4 is 4.90 Å². The molecular weight excluding hydrogens is 428 g/mol. The van der Waals surface area contributed by atoms with Crippen molar-refractivity contribution in [2.75, 3.05) is 4.90 Å². The Bertz CT molecular complexity index is 1410. The fraction of sp³-hybridized carbons (Fsp3) is 0.226. The summed E-state index contributed by atoms with van der Waals surface area (Å²) in [4.78, 5) is 12.8. The van der Waals surface area contributed by atoms with Crippen LogP contribution in [-0.2, 0) is 19.6 Å². The molecule has 0 aliphatic rings. The highest BCUT2D eigenvalue weighted by atomic mass is 15.2. The maximum absolute atomic E-state index is 5.22. The van der Waals surface area contributed by atoms with Crippen molar-refractivity contribution in [3.63, 3.8) is 0 Å². The number of anilines is 1. The number of benzene rings is 3. The SMILES string of the molecule is CC=Cc1nc2c(N(Cc3ccccc3)Cc3ccccc3)nc3ccccc3c2n1CC(C)C. The standard InChI is InChI=1S/C31H32N4/c1-4-13-28-33-29-30(35(28)20-23(2)3)26-18-11-12-19-27(26)32-31(29)34(21-24-14-7-5-8-15-24)22-25-16-9-6-10-17-25/h4-19,23H,20-22H2,1-3H3. The molecule has 0 fully saturated rings. The lowest BCUT2D eigenvalue weighted by Crippen LogP contribution is -2.23. The molecule has 0 aliphatic carbocycles. The highest BCUT2D eigenvalue weighted by Gasteiger charge is 2.22. The molecule has 2 heterocycles. The summed E-state index contributed by atoms with van der Waals surface area (Å²) in [7, 11) is 0. The minimum absolute atomic E-state index is 0.497. The van der Waals surface area contributed by atoms with Gasteiger partial charge in [0.15, 0.2) is 5.82 Å². The summed E-state index contributed by atoms with van der Waals surface area (Å²) >= 11 is 0. The summed E-state index contributed by atoms with van der Waals surface area (Å²) in [6.07, 6.45) is 4.18. The van der Waals surface area contributed by atoms with Crippen LogP contribution in [0, 0.1) is 5.92 Å². The van der Waals surface area contributed by atoms with E-state index >= 15 is 0 Å². The molecule has 0 aliphatic heterocycles. The summed E-state index contributed by atoms with van der Waals surface area (Å²) in [6, 6.07) is 29.7. The van der Waals surface area contributed by atoms with Crippen LogP contribution >= 0.6 is 0 Å². The van der Waals surface area contributed by atoms with Crippen LogP contribution in [0.4, 0.5) is 5.82 Å². The molecule has 0 amide bonds. The number of nitrogens with zero attached hydrogens (tertiary/aromatic N) is 4. The second-order valence-electron chi connectivity index (χ2n) is 9.45. The molecular formula is C31H32N4. The lowest BCUT2D eigenvalue weighted by molar-refractivity contribution is 0.531. The van der Waals surface area contributed by atoms with Gasteiger partial charge in [-0.15, -0.1) is 0 Å². The Kier molecular flexibility index (Phi) is 6.62. The van der Waals surface area contributed by atoms with Crippen molar-refractivity contribution in [2.24, 2.45) is 5.92 Å². The maximum Gasteiger partial charge on any atom is 0.158 e. The van der Waals surface area contributed by atoms with Crippen molar-refractivity contribution >= 4 is 33.8 Å². The van der Waals surface area contributed by atoms with E-state index in [0.717, 1.165) is 47.7 Å². The normalized spacial score (nSPS) is 11.8. The minimum atomic E-state index is 0.497. The Hall–Kier alpha value is -3.92. The van der Waals surface area contributed by atoms with Gasteiger partial charge in [-0.1, -0.05) is 98.8 Å². The molecule has 3 aromatic carbocycles. The van der Waals surface area contributed by atoms with E-state index in [9.17, 15) is 0 Å². The zero-order chi connectivity index (χ0) is 24.2. The summed E-state index contributed by atoms with van der Waals surface area (Å²) in [5.41, 5.74) is 5.63. The molecule has 4 nitrogen and oxygen atoms in total. The van der Waals surface area contributed by atoms with Crippen molar-refractivity contribution in [1.82, 2.24) is 14.5 Å². The number of pyridine rings is 1. The molecule has 0 unspecified atom stereocenters. The molecule has 176 valence electrons. The van der Waals surface area contributed by atoms with Gasteiger partial charge < -0.3 is 9.47 Å². The molecule has 35 heavy (non-hydrogen) atoms. The summed E-state index contributed by atoms with van der Waals surface area (Å²) in [5.74, 6) is 2.41. The van der Waals surface area contributed by atoms with E-state index in [4.69, 9.17) is 9.97 Å². The Morgan fingerprint density at radius 3 is 2.00 bits per heavy atom. The van der Waals surface area contributed by atoms with Crippen molar-refractivity contribution < 1.29 is 0 Å². The van der Waals surface area contributed by atoms with Gasteiger partial charge in [-0.25, -0.2) is 9.97 Å². The first-order valence-corrected chi connectivity index (χ1v) is 12.4. The largest absolute Gasteiger partial charge is 0.346 e. The van der Waals surface area contributed by atoms with Crippen molar-refractivity contribution in [3.8, 4) is 0 Å². The van der Waals surface area contributed by atoms with Crippen molar-refractivity contribution in [2.45, 2.75) is 40.4 Å². The van der Waals surface area contributed by atoms with Crippen LogP contribution in [0.3, 0.4) is 0 Å². The number of imidazole rings is 1. The molecule has 0 radical (unpaired) electrons. The Morgan fingerprint density at radius 1 is 0.800 bits per heavy atom. The zero-order valence-electron chi connectivity index (χ0n) is 20.7. The van der Waals surface area contributed by atoms with Crippen LogP contribution in [-0.4, -0.2) is 14.5 Å². The van der Waals surface area contributed by atoms with Crippen LogP contribution in [0.1, 0.15) is 37.7 Å². The zero-order valence-corrected chi connectivity index (χ0v) is 20.7. The average molecular weight is 461 g/mol. The molecule has 2 aromatic heterocycles. The Labute approximate surface area is 207 Å². The lowest BCUT2D eigenvalue weighted by Gasteiger charge is -2.25. The van der Waals surface area contributed by atoms with E-state index in [2.05, 4.69) is 120 Å². The van der Waals surface area contributed by atoms with E-state index < -0.39 is 0 Å². The number of allylic oxidation sites excluding steroid dienone is 1. The summed E-state index contributed by atoms with van der Waals surface area (Å²) in [5, 5.41) is 1.15. The van der Waals surface area contributed by atoms with Crippen LogP contribution in [0.25, 0.3) is 28.0 Å². The highest BCUT2D eigenvalue weighted by molar-refractivity contribution is 6.07. The average Bonchev–Trinajstić information content (AvgIpc) is 3.22. The number of hydrogen-bond acceptors (Lipinski definition) is 3. The Morgan fingerprint density at radius 2 is 1.40 bits per heavy atom. The molecule has 0 saturated heterocycles. The predicted octanol–water partition coefficient (Wildman–Crippen LogP) is 7.48. The number of hydrogen-bond donors (Lipinski definition) is 0. The predicted molar refractivity (Wildman–Crippen MR) is 147 cm³/mol. The molecule has 4 heteroatoms. The first kappa shape index (κ1) is 22.9. The second-order valence-corrected chi connectivity index (χ2v) is 9.45. The second kappa shape index (κ2) is 10.1. The smallest absolute Gasteiger partial charge is 0.158 e. The van der Waals surface area contributed by atoms with Crippen LogP contribution in [0.2, 0.25) is 0 Å². The van der Waals surface area contributed by atoms with E-state index in [1.807, 2.05) is 6.92 Å². The minimum Gasteiger partial charge on any atom is -0.346 e. The first-order valence-electron chi connectivity index (χ1n) is 12.4. The molecule has 0 N–H and O–H groups in total. The van der Waals surface area contributed by atoms with E-state index in [1.54, 1.807) is 0 Å². The quantitative estimate of drug-likeness (QED) is 0.241. The molecule has 5 rings (SSSR count). The monoisotopic (exact) mass is 460 g/mol. The fourth-order valence-corrected chi connectivity index (χ4v) is 4.70. The van der Waals surface area contributed by atoms with Gasteiger partial charge in [-0.05, 0) is 36.1 Å². The van der Waals surface area contributed by atoms with Gasteiger partial charge in [0.05, 0.1) is 11.0 Å². The van der Waals surface area contributed by atoms with Crippen molar-refractivity contribution in [3.05, 3.63) is 108 Å². The topological polar surface area (TPSA) is 34.0 Å². The number of para-hydroxylation sites is 1. The van der Waals surface area contributed by atoms with Gasteiger partial charge in [-0.3, -0.25) is 0 Å². The number of fused-ring (bicyclic) bond motifs is 3. The van der Waals surface area contributed by atoms with Crippen LogP contribution in [0.15, 0.2) is 91.0 Å². The van der Waals surface area contributed by atoms with Gasteiger partial charge in [0.2, 0.25) is 0 Å². The van der Waals surface area contributed by atoms with Gasteiger partial charge in [0.1, 0.15) is 11.3 Å². The van der Waals surface area contributed by atoms with E-state index in [1.165, 1.54) is 16.6 Å². The molecule has 5 aromatic rings. The van der Waals surface area contributed by atoms with Gasteiger partial charge >= 0.3 is 0 Å². The number of aromatic nitrogens is 3. The molecule has 0 bridgehead atoms. The molecule has 0 saturated carbocycles. The van der Waals surface area contributed by atoms with E-state index in [0.29, 0.717) is 5.92 Å². The number of rotatable bonds is 8. The third kappa shape index (κ3) is 4.83. The van der Waals surface area contributed by atoms with Gasteiger partial charge in [0, 0.05) is 25.0 Å². The fourth-order valence-electron chi connectivity index (χ4n) is 4.70. The molecule has 0 atom stereocenters. The maximum atomic E-state index is 5.22. The van der Waals surface area contributed by atoms with Crippen molar-refractivity contribution in [1.29, 1.82) is 0 Å². The lowest BCUT2D eigenvalue weighted by atomic mass is 10.1. The summed E-state index contributed by atoms with van der Waals surface area (Å²) in [6.45, 7) is 8.98. The third-order valence-electron chi connectivity index (χ3n) is 6.19. The van der Waals surface area contributed by atoms with Gasteiger partial charge in [-0.2, -0.15) is 0 Å². The van der Waals surface area contributed by atoms with Gasteiger partial charge in [0.25, 0.3) is 0 Å². The first-order chi connectivity index (χ1) is 17.1. The highest BCUT2D eigenvalue weighted by Crippen LogP contribution is 2.34. The summed E-state index contributed by atoms with van der Waals surface area (Å²) < 4.78 is 2.37.